The van der Waals surface area contributed by atoms with Crippen LogP contribution < -0.4 is 5.73 Å². The van der Waals surface area contributed by atoms with E-state index >= 15 is 0 Å². The standard InChI is InChI=1S/C9H14N4O/c10-9-8(5-11-7-12-9)6-13-1-3-14-4-2-13/h5,7H,1-4,6H2,(H2,10,11,12). The number of nitrogens with two attached hydrogens (primary N) is 1. The number of morpholine rings is 1. The highest BCUT2D eigenvalue weighted by Crippen LogP contribution is 2.10. The van der Waals surface area contributed by atoms with Gasteiger partial charge in [0.25, 0.3) is 0 Å². The van der Waals surface area contributed by atoms with Crippen LogP contribution in [0, 0.1) is 0 Å². The predicted octanol–water partition coefficient (Wildman–Crippen LogP) is -0.109. The molecular formula is C9H14N4O. The zero-order valence-corrected chi connectivity index (χ0v) is 8.02. The van der Waals surface area contributed by atoms with E-state index in [0.29, 0.717) is 5.82 Å². The van der Waals surface area contributed by atoms with Gasteiger partial charge in [-0.2, -0.15) is 0 Å². The highest BCUT2D eigenvalue weighted by atomic mass is 16.5. The summed E-state index contributed by atoms with van der Waals surface area (Å²) in [4.78, 5) is 10.2. The maximum atomic E-state index is 5.73. The van der Waals surface area contributed by atoms with Crippen LogP contribution in [-0.4, -0.2) is 41.2 Å². The number of aromatic nitrogens is 2. The Bertz CT molecular complexity index is 299. The van der Waals surface area contributed by atoms with Gasteiger partial charge in [0.2, 0.25) is 0 Å². The molecule has 0 atom stereocenters. The molecule has 0 unspecified atom stereocenters. The Kier molecular flexibility index (Phi) is 2.90. The van der Waals surface area contributed by atoms with Crippen molar-refractivity contribution in [2.24, 2.45) is 0 Å². The van der Waals surface area contributed by atoms with Crippen LogP contribution >= 0.6 is 0 Å². The van der Waals surface area contributed by atoms with Crippen molar-refractivity contribution in [3.8, 4) is 0 Å². The van der Waals surface area contributed by atoms with E-state index in [1.54, 1.807) is 6.20 Å². The average Bonchev–Trinajstić information content (AvgIpc) is 2.23. The van der Waals surface area contributed by atoms with Crippen LogP contribution in [0.5, 0.6) is 0 Å². The van der Waals surface area contributed by atoms with E-state index in [2.05, 4.69) is 14.9 Å². The lowest BCUT2D eigenvalue weighted by atomic mass is 10.2. The molecule has 5 heteroatoms. The lowest BCUT2D eigenvalue weighted by molar-refractivity contribution is 0.0342. The van der Waals surface area contributed by atoms with Crippen molar-refractivity contribution in [2.45, 2.75) is 6.54 Å². The summed E-state index contributed by atoms with van der Waals surface area (Å²) in [6.45, 7) is 4.32. The smallest absolute Gasteiger partial charge is 0.131 e. The van der Waals surface area contributed by atoms with Crippen molar-refractivity contribution in [3.05, 3.63) is 18.1 Å². The lowest BCUT2D eigenvalue weighted by Crippen LogP contribution is -2.35. The maximum Gasteiger partial charge on any atom is 0.131 e. The minimum Gasteiger partial charge on any atom is -0.383 e. The molecule has 0 amide bonds. The van der Waals surface area contributed by atoms with E-state index in [1.165, 1.54) is 6.33 Å². The minimum absolute atomic E-state index is 0.575. The van der Waals surface area contributed by atoms with Crippen LogP contribution in [0.4, 0.5) is 5.82 Å². The maximum absolute atomic E-state index is 5.73. The van der Waals surface area contributed by atoms with Crippen LogP contribution in [-0.2, 0) is 11.3 Å². The fourth-order valence-electron chi connectivity index (χ4n) is 1.49. The second kappa shape index (κ2) is 4.34. The van der Waals surface area contributed by atoms with Gasteiger partial charge in [0.15, 0.2) is 0 Å². The molecule has 2 heterocycles. The van der Waals surface area contributed by atoms with E-state index in [1.807, 2.05) is 0 Å². The number of hydrogen-bond donors (Lipinski definition) is 1. The van der Waals surface area contributed by atoms with Crippen LogP contribution in [0.15, 0.2) is 12.5 Å². The van der Waals surface area contributed by atoms with E-state index < -0.39 is 0 Å². The largest absolute Gasteiger partial charge is 0.383 e. The number of anilines is 1. The van der Waals surface area contributed by atoms with Crippen LogP contribution in [0.1, 0.15) is 5.56 Å². The van der Waals surface area contributed by atoms with Gasteiger partial charge in [-0.25, -0.2) is 9.97 Å². The summed E-state index contributed by atoms with van der Waals surface area (Å²) in [7, 11) is 0. The summed E-state index contributed by atoms with van der Waals surface area (Å²) in [6, 6.07) is 0. The minimum atomic E-state index is 0.575. The molecular weight excluding hydrogens is 180 g/mol. The van der Waals surface area contributed by atoms with E-state index in [0.717, 1.165) is 38.4 Å². The SMILES string of the molecule is Nc1ncncc1CN1CCOCC1. The highest BCUT2D eigenvalue weighted by Gasteiger charge is 2.12. The van der Waals surface area contributed by atoms with E-state index in [9.17, 15) is 0 Å². The first kappa shape index (κ1) is 9.36. The molecule has 76 valence electrons. The normalized spacial score (nSPS) is 18.3. The van der Waals surface area contributed by atoms with Crippen molar-refractivity contribution in [3.63, 3.8) is 0 Å². The summed E-state index contributed by atoms with van der Waals surface area (Å²) in [5, 5.41) is 0. The monoisotopic (exact) mass is 194 g/mol. The molecule has 0 aromatic carbocycles. The molecule has 1 aliphatic heterocycles. The van der Waals surface area contributed by atoms with Crippen LogP contribution in [0.2, 0.25) is 0 Å². The van der Waals surface area contributed by atoms with Crippen molar-refractivity contribution < 1.29 is 4.74 Å². The molecule has 0 spiro atoms. The molecule has 0 radical (unpaired) electrons. The topological polar surface area (TPSA) is 64.3 Å². The molecule has 5 nitrogen and oxygen atoms in total. The van der Waals surface area contributed by atoms with Gasteiger partial charge in [-0.1, -0.05) is 0 Å². The lowest BCUT2D eigenvalue weighted by Gasteiger charge is -2.26. The first-order valence-electron chi connectivity index (χ1n) is 4.71. The molecule has 1 aromatic rings. The van der Waals surface area contributed by atoms with E-state index in [-0.39, 0.29) is 0 Å². The zero-order chi connectivity index (χ0) is 9.80. The summed E-state index contributed by atoms with van der Waals surface area (Å²) >= 11 is 0. The van der Waals surface area contributed by atoms with Crippen LogP contribution in [0.25, 0.3) is 0 Å². The summed E-state index contributed by atoms with van der Waals surface area (Å²) < 4.78 is 5.26. The van der Waals surface area contributed by atoms with Crippen molar-refractivity contribution in [1.29, 1.82) is 0 Å². The van der Waals surface area contributed by atoms with Crippen LogP contribution in [0.3, 0.4) is 0 Å². The van der Waals surface area contributed by atoms with Gasteiger partial charge in [0.05, 0.1) is 13.2 Å². The third kappa shape index (κ3) is 2.18. The summed E-state index contributed by atoms with van der Waals surface area (Å²) in [5.41, 5.74) is 6.72. The fourth-order valence-corrected chi connectivity index (χ4v) is 1.49. The second-order valence-corrected chi connectivity index (χ2v) is 3.32. The van der Waals surface area contributed by atoms with Gasteiger partial charge in [-0.3, -0.25) is 4.90 Å². The van der Waals surface area contributed by atoms with Crippen molar-refractivity contribution in [1.82, 2.24) is 14.9 Å². The second-order valence-electron chi connectivity index (χ2n) is 3.32. The third-order valence-corrected chi connectivity index (χ3v) is 2.32. The molecule has 14 heavy (non-hydrogen) atoms. The number of nitrogen functional groups attached to an aromatic ring is 1. The Morgan fingerprint density at radius 2 is 2.21 bits per heavy atom. The number of nitrogens with zero attached hydrogens (tertiary/aromatic N) is 3. The molecule has 1 aromatic heterocycles. The molecule has 1 saturated heterocycles. The molecule has 1 aliphatic rings. The Morgan fingerprint density at radius 3 is 2.93 bits per heavy atom. The Balaban J connectivity index is 1.99. The highest BCUT2D eigenvalue weighted by molar-refractivity contribution is 5.36. The fraction of sp³-hybridized carbons (Fsp3) is 0.556. The van der Waals surface area contributed by atoms with Crippen molar-refractivity contribution >= 4 is 5.82 Å². The number of hydrogen-bond acceptors (Lipinski definition) is 5. The summed E-state index contributed by atoms with van der Waals surface area (Å²) in [5.74, 6) is 0.575. The number of rotatable bonds is 2. The zero-order valence-electron chi connectivity index (χ0n) is 8.02. The van der Waals surface area contributed by atoms with Gasteiger partial charge < -0.3 is 10.5 Å². The molecule has 0 bridgehead atoms. The first-order chi connectivity index (χ1) is 6.86. The molecule has 0 aliphatic carbocycles. The van der Waals surface area contributed by atoms with Gasteiger partial charge in [0.1, 0.15) is 12.1 Å². The van der Waals surface area contributed by atoms with Gasteiger partial charge in [-0.15, -0.1) is 0 Å². The number of ether oxygens (including phenoxy) is 1. The quantitative estimate of drug-likeness (QED) is 0.711. The first-order valence-corrected chi connectivity index (χ1v) is 4.71. The molecule has 0 saturated carbocycles. The average molecular weight is 194 g/mol. The summed E-state index contributed by atoms with van der Waals surface area (Å²) in [6.07, 6.45) is 3.25. The van der Waals surface area contributed by atoms with Gasteiger partial charge in [0, 0.05) is 31.4 Å². The van der Waals surface area contributed by atoms with Gasteiger partial charge >= 0.3 is 0 Å². The predicted molar refractivity (Wildman–Crippen MR) is 52.5 cm³/mol. The van der Waals surface area contributed by atoms with E-state index in [4.69, 9.17) is 10.5 Å². The Labute approximate surface area is 82.9 Å². The van der Waals surface area contributed by atoms with Crippen molar-refractivity contribution in [2.75, 3.05) is 32.0 Å². The molecule has 2 N–H and O–H groups in total. The Morgan fingerprint density at radius 1 is 1.43 bits per heavy atom. The van der Waals surface area contributed by atoms with Gasteiger partial charge in [-0.05, 0) is 0 Å². The molecule has 2 rings (SSSR count). The Hall–Kier alpha value is -1.20. The third-order valence-electron chi connectivity index (χ3n) is 2.32. The molecule has 1 fully saturated rings.